The fraction of sp³-hybridized carbons (Fsp3) is 0.167. The molecule has 29 heavy (non-hydrogen) atoms. The number of sulfonamides is 1. The van der Waals surface area contributed by atoms with Gasteiger partial charge in [-0.15, -0.1) is 0 Å². The Hall–Kier alpha value is -2.95. The number of carbonyl (C=O) groups excluding carboxylic acids is 3. The molecule has 0 saturated heterocycles. The molecule has 2 aromatic carbocycles. The molecule has 0 bridgehead atoms. The van der Waals surface area contributed by atoms with Gasteiger partial charge in [-0.05, 0) is 42.5 Å². The van der Waals surface area contributed by atoms with Crippen LogP contribution in [0.25, 0.3) is 0 Å². The van der Waals surface area contributed by atoms with Crippen molar-refractivity contribution in [1.82, 2.24) is 15.2 Å². The fourth-order valence-corrected chi connectivity index (χ4v) is 3.51. The summed E-state index contributed by atoms with van der Waals surface area (Å²) < 4.78 is 25.7. The molecule has 154 valence electrons. The summed E-state index contributed by atoms with van der Waals surface area (Å²) in [4.78, 5) is 35.2. The van der Waals surface area contributed by atoms with E-state index in [4.69, 9.17) is 11.6 Å². The number of hydrogen-bond donors (Lipinski definition) is 3. The van der Waals surface area contributed by atoms with Crippen LogP contribution >= 0.6 is 11.6 Å². The van der Waals surface area contributed by atoms with Crippen LogP contribution in [-0.2, 0) is 19.6 Å². The van der Waals surface area contributed by atoms with Crippen molar-refractivity contribution in [3.05, 3.63) is 59.1 Å². The zero-order valence-electron chi connectivity index (χ0n) is 15.6. The third-order valence-electron chi connectivity index (χ3n) is 3.65. The number of nitrogens with zero attached hydrogens (tertiary/aromatic N) is 1. The third kappa shape index (κ3) is 6.28. The molecule has 0 radical (unpaired) electrons. The van der Waals surface area contributed by atoms with Crippen LogP contribution in [0.4, 0.5) is 5.69 Å². The standard InChI is InChI=1S/C18H19ClN4O5S/c1-12(24)20-15-5-3-4-13(10-15)18(26)22-21-17(25)11-23(2)29(27,28)16-8-6-14(19)7-9-16/h3-10H,11H2,1-2H3,(H,20,24)(H,21,25)(H,22,26). The Balaban J connectivity index is 1.94. The second-order valence-electron chi connectivity index (χ2n) is 5.98. The number of nitrogens with one attached hydrogen (secondary N) is 3. The molecule has 3 N–H and O–H groups in total. The van der Waals surface area contributed by atoms with Gasteiger partial charge in [-0.1, -0.05) is 17.7 Å². The Kier molecular flexibility index (Phi) is 7.32. The first-order valence-corrected chi connectivity index (χ1v) is 10.1. The zero-order valence-corrected chi connectivity index (χ0v) is 17.2. The van der Waals surface area contributed by atoms with Gasteiger partial charge >= 0.3 is 0 Å². The number of hydrazine groups is 1. The monoisotopic (exact) mass is 438 g/mol. The number of likely N-dealkylation sites (N-methyl/N-ethyl adjacent to an activating group) is 1. The molecular formula is C18H19ClN4O5S. The van der Waals surface area contributed by atoms with Crippen molar-refractivity contribution >= 4 is 45.0 Å². The molecule has 0 heterocycles. The second-order valence-corrected chi connectivity index (χ2v) is 8.46. The van der Waals surface area contributed by atoms with Gasteiger partial charge in [0.1, 0.15) is 0 Å². The number of hydrogen-bond acceptors (Lipinski definition) is 5. The molecule has 0 aliphatic carbocycles. The van der Waals surface area contributed by atoms with E-state index in [0.717, 1.165) is 4.31 Å². The van der Waals surface area contributed by atoms with E-state index in [-0.39, 0.29) is 16.4 Å². The van der Waals surface area contributed by atoms with Gasteiger partial charge < -0.3 is 5.32 Å². The molecule has 0 saturated carbocycles. The van der Waals surface area contributed by atoms with Gasteiger partial charge in [0.2, 0.25) is 15.9 Å². The molecule has 0 aromatic heterocycles. The van der Waals surface area contributed by atoms with Crippen LogP contribution in [0.3, 0.4) is 0 Å². The van der Waals surface area contributed by atoms with E-state index in [1.165, 1.54) is 50.4 Å². The smallest absolute Gasteiger partial charge is 0.269 e. The summed E-state index contributed by atoms with van der Waals surface area (Å²) in [6.07, 6.45) is 0. The molecule has 0 aliphatic heterocycles. The van der Waals surface area contributed by atoms with Crippen molar-refractivity contribution in [2.75, 3.05) is 18.9 Å². The average Bonchev–Trinajstić information content (AvgIpc) is 2.66. The highest BCUT2D eigenvalue weighted by Gasteiger charge is 2.23. The van der Waals surface area contributed by atoms with Crippen molar-refractivity contribution in [3.8, 4) is 0 Å². The predicted octanol–water partition coefficient (Wildman–Crippen LogP) is 1.38. The number of carbonyl (C=O) groups is 3. The molecule has 0 spiro atoms. The molecule has 0 fully saturated rings. The summed E-state index contributed by atoms with van der Waals surface area (Å²) in [5, 5.41) is 2.92. The molecule has 0 unspecified atom stereocenters. The highest BCUT2D eigenvalue weighted by molar-refractivity contribution is 7.89. The molecule has 9 nitrogen and oxygen atoms in total. The topological polar surface area (TPSA) is 125 Å². The minimum absolute atomic E-state index is 0.0176. The summed E-state index contributed by atoms with van der Waals surface area (Å²) in [6, 6.07) is 11.6. The lowest BCUT2D eigenvalue weighted by molar-refractivity contribution is -0.121. The lowest BCUT2D eigenvalue weighted by Crippen LogP contribution is -2.46. The van der Waals surface area contributed by atoms with E-state index in [1.54, 1.807) is 12.1 Å². The molecule has 0 atom stereocenters. The minimum atomic E-state index is -3.90. The van der Waals surface area contributed by atoms with Crippen LogP contribution < -0.4 is 16.2 Å². The number of halogens is 1. The molecule has 0 aliphatic rings. The lowest BCUT2D eigenvalue weighted by atomic mass is 10.2. The summed E-state index contributed by atoms with van der Waals surface area (Å²) in [5.74, 6) is -1.66. The third-order valence-corrected chi connectivity index (χ3v) is 5.72. The lowest BCUT2D eigenvalue weighted by Gasteiger charge is -2.17. The fourth-order valence-electron chi connectivity index (χ4n) is 2.25. The van der Waals surface area contributed by atoms with E-state index in [9.17, 15) is 22.8 Å². The van der Waals surface area contributed by atoms with Crippen LogP contribution in [0.15, 0.2) is 53.4 Å². The molecular weight excluding hydrogens is 420 g/mol. The van der Waals surface area contributed by atoms with Crippen molar-refractivity contribution < 1.29 is 22.8 Å². The van der Waals surface area contributed by atoms with Crippen LogP contribution in [0.1, 0.15) is 17.3 Å². The van der Waals surface area contributed by atoms with Crippen LogP contribution in [0, 0.1) is 0 Å². The Morgan fingerprint density at radius 1 is 1.03 bits per heavy atom. The van der Waals surface area contributed by atoms with E-state index in [0.29, 0.717) is 10.7 Å². The van der Waals surface area contributed by atoms with Gasteiger partial charge in [-0.25, -0.2) is 8.42 Å². The van der Waals surface area contributed by atoms with Gasteiger partial charge in [-0.3, -0.25) is 25.2 Å². The molecule has 3 amide bonds. The van der Waals surface area contributed by atoms with Gasteiger partial charge in [0.15, 0.2) is 0 Å². The predicted molar refractivity (Wildman–Crippen MR) is 108 cm³/mol. The minimum Gasteiger partial charge on any atom is -0.326 e. The highest BCUT2D eigenvalue weighted by atomic mass is 35.5. The molecule has 2 aromatic rings. The van der Waals surface area contributed by atoms with Crippen LogP contribution in [0.2, 0.25) is 5.02 Å². The Morgan fingerprint density at radius 2 is 1.69 bits per heavy atom. The van der Waals surface area contributed by atoms with E-state index < -0.39 is 28.4 Å². The van der Waals surface area contributed by atoms with Crippen LogP contribution in [-0.4, -0.2) is 44.0 Å². The normalized spacial score (nSPS) is 11.0. The van der Waals surface area contributed by atoms with Gasteiger partial charge in [0.25, 0.3) is 11.8 Å². The summed E-state index contributed by atoms with van der Waals surface area (Å²) in [6.45, 7) is 0.818. The molecule has 2 rings (SSSR count). The second kappa shape index (κ2) is 9.50. The van der Waals surface area contributed by atoms with Crippen molar-refractivity contribution in [1.29, 1.82) is 0 Å². The number of benzene rings is 2. The SMILES string of the molecule is CC(=O)Nc1cccc(C(=O)NNC(=O)CN(C)S(=O)(=O)c2ccc(Cl)cc2)c1. The molecule has 11 heteroatoms. The van der Waals surface area contributed by atoms with Crippen molar-refractivity contribution in [2.24, 2.45) is 0 Å². The first kappa shape index (κ1) is 22.3. The summed E-state index contributed by atoms with van der Waals surface area (Å²) in [5.41, 5.74) is 4.96. The maximum absolute atomic E-state index is 12.4. The van der Waals surface area contributed by atoms with Crippen molar-refractivity contribution in [3.63, 3.8) is 0 Å². The first-order chi connectivity index (χ1) is 13.6. The average molecular weight is 439 g/mol. The Bertz CT molecular complexity index is 1020. The summed E-state index contributed by atoms with van der Waals surface area (Å²) >= 11 is 5.75. The highest BCUT2D eigenvalue weighted by Crippen LogP contribution is 2.17. The van der Waals surface area contributed by atoms with Crippen molar-refractivity contribution in [2.45, 2.75) is 11.8 Å². The largest absolute Gasteiger partial charge is 0.326 e. The van der Waals surface area contributed by atoms with Gasteiger partial charge in [-0.2, -0.15) is 4.31 Å². The Labute approximate surface area is 173 Å². The van der Waals surface area contributed by atoms with Crippen LogP contribution in [0.5, 0.6) is 0 Å². The van der Waals surface area contributed by atoms with E-state index in [1.807, 2.05) is 0 Å². The number of rotatable bonds is 6. The van der Waals surface area contributed by atoms with Gasteiger partial charge in [0.05, 0.1) is 11.4 Å². The van der Waals surface area contributed by atoms with E-state index in [2.05, 4.69) is 16.2 Å². The quantitative estimate of drug-likeness (QED) is 0.587. The van der Waals surface area contributed by atoms with E-state index >= 15 is 0 Å². The number of anilines is 1. The summed E-state index contributed by atoms with van der Waals surface area (Å²) in [7, 11) is -2.66. The van der Waals surface area contributed by atoms with Gasteiger partial charge in [0, 0.05) is 30.2 Å². The number of amides is 3. The zero-order chi connectivity index (χ0) is 21.6. The Morgan fingerprint density at radius 3 is 2.31 bits per heavy atom. The maximum Gasteiger partial charge on any atom is 0.269 e. The maximum atomic E-state index is 12.4. The first-order valence-electron chi connectivity index (χ1n) is 8.28.